The third-order valence-electron chi connectivity index (χ3n) is 2.99. The molecule has 0 heterocycles. The van der Waals surface area contributed by atoms with Crippen molar-refractivity contribution in [2.24, 2.45) is 0 Å². The summed E-state index contributed by atoms with van der Waals surface area (Å²) in [4.78, 5) is 1.26. The first-order valence-electron chi connectivity index (χ1n) is 6.55. The van der Waals surface area contributed by atoms with Crippen LogP contribution in [-0.2, 0) is 0 Å². The predicted molar refractivity (Wildman–Crippen MR) is 91.3 cm³/mol. The van der Waals surface area contributed by atoms with Gasteiger partial charge in [-0.1, -0.05) is 48.3 Å². The smallest absolute Gasteiger partial charge is 0.0500 e. The number of thioether (sulfide) groups is 1. The van der Waals surface area contributed by atoms with Crippen LogP contribution in [0.3, 0.4) is 0 Å². The van der Waals surface area contributed by atoms with E-state index < -0.39 is 0 Å². The SMILES string of the molecule is CCSc1ccccc1NC(C)c1ccc(Cl)cc1Cl. The van der Waals surface area contributed by atoms with E-state index in [4.69, 9.17) is 23.2 Å². The summed E-state index contributed by atoms with van der Waals surface area (Å²) in [5, 5.41) is 4.88. The van der Waals surface area contributed by atoms with E-state index in [2.05, 4.69) is 37.4 Å². The summed E-state index contributed by atoms with van der Waals surface area (Å²) < 4.78 is 0. The van der Waals surface area contributed by atoms with Gasteiger partial charge in [0.1, 0.15) is 0 Å². The Morgan fingerprint density at radius 2 is 1.90 bits per heavy atom. The Kier molecular flexibility index (Phi) is 5.64. The highest BCUT2D eigenvalue weighted by molar-refractivity contribution is 7.99. The van der Waals surface area contributed by atoms with Crippen LogP contribution in [0.2, 0.25) is 10.0 Å². The summed E-state index contributed by atoms with van der Waals surface area (Å²) >= 11 is 14.0. The predicted octanol–water partition coefficient (Wildman–Crippen LogP) is 6.28. The molecule has 0 aromatic heterocycles. The molecule has 2 aromatic carbocycles. The molecule has 1 nitrogen and oxygen atoms in total. The summed E-state index contributed by atoms with van der Waals surface area (Å²) in [6.45, 7) is 4.25. The Morgan fingerprint density at radius 3 is 2.60 bits per heavy atom. The van der Waals surface area contributed by atoms with Crippen molar-refractivity contribution in [3.05, 3.63) is 58.1 Å². The quantitative estimate of drug-likeness (QED) is 0.649. The lowest BCUT2D eigenvalue weighted by atomic mass is 10.1. The fraction of sp³-hybridized carbons (Fsp3) is 0.250. The highest BCUT2D eigenvalue weighted by Gasteiger charge is 2.11. The number of nitrogens with one attached hydrogen (secondary N) is 1. The van der Waals surface area contributed by atoms with Crippen LogP contribution >= 0.6 is 35.0 Å². The Hall–Kier alpha value is -0.830. The molecule has 0 saturated heterocycles. The van der Waals surface area contributed by atoms with Gasteiger partial charge in [-0.3, -0.25) is 0 Å². The fourth-order valence-corrected chi connectivity index (χ4v) is 3.37. The molecule has 0 aliphatic carbocycles. The van der Waals surface area contributed by atoms with Crippen LogP contribution < -0.4 is 5.32 Å². The zero-order valence-electron chi connectivity index (χ0n) is 11.5. The topological polar surface area (TPSA) is 12.0 Å². The van der Waals surface area contributed by atoms with Gasteiger partial charge in [0.25, 0.3) is 0 Å². The van der Waals surface area contributed by atoms with Crippen LogP contribution in [0.4, 0.5) is 5.69 Å². The van der Waals surface area contributed by atoms with Crippen LogP contribution in [0.1, 0.15) is 25.5 Å². The molecule has 0 radical (unpaired) electrons. The fourth-order valence-electron chi connectivity index (χ4n) is 2.03. The maximum Gasteiger partial charge on any atom is 0.0500 e. The molecule has 0 fully saturated rings. The summed E-state index contributed by atoms with van der Waals surface area (Å²) in [5.74, 6) is 1.05. The van der Waals surface area contributed by atoms with Gasteiger partial charge in [0, 0.05) is 20.6 Å². The molecule has 4 heteroatoms. The molecular weight excluding hydrogens is 309 g/mol. The Balaban J connectivity index is 2.21. The van der Waals surface area contributed by atoms with E-state index in [1.54, 1.807) is 6.07 Å². The first-order chi connectivity index (χ1) is 9.61. The van der Waals surface area contributed by atoms with Gasteiger partial charge in [0.15, 0.2) is 0 Å². The number of anilines is 1. The van der Waals surface area contributed by atoms with Crippen molar-refractivity contribution >= 4 is 40.7 Å². The van der Waals surface area contributed by atoms with Crippen molar-refractivity contribution in [2.45, 2.75) is 24.8 Å². The van der Waals surface area contributed by atoms with Crippen LogP contribution in [0.15, 0.2) is 47.4 Å². The van der Waals surface area contributed by atoms with Gasteiger partial charge < -0.3 is 5.32 Å². The lowest BCUT2D eigenvalue weighted by Crippen LogP contribution is -2.08. The van der Waals surface area contributed by atoms with Crippen LogP contribution in [0.25, 0.3) is 0 Å². The molecule has 1 atom stereocenters. The zero-order valence-corrected chi connectivity index (χ0v) is 13.8. The second-order valence-electron chi connectivity index (χ2n) is 4.46. The van der Waals surface area contributed by atoms with E-state index in [1.807, 2.05) is 30.0 Å². The minimum Gasteiger partial charge on any atom is -0.378 e. The first kappa shape index (κ1) is 15.6. The lowest BCUT2D eigenvalue weighted by molar-refractivity contribution is 0.880. The van der Waals surface area contributed by atoms with Crippen LogP contribution in [0, 0.1) is 0 Å². The molecule has 0 spiro atoms. The lowest BCUT2D eigenvalue weighted by Gasteiger charge is -2.19. The molecule has 2 aromatic rings. The first-order valence-corrected chi connectivity index (χ1v) is 8.29. The maximum atomic E-state index is 6.26. The van der Waals surface area contributed by atoms with Crippen LogP contribution in [0.5, 0.6) is 0 Å². The van der Waals surface area contributed by atoms with E-state index >= 15 is 0 Å². The molecule has 0 saturated carbocycles. The molecule has 0 aliphatic rings. The molecule has 1 unspecified atom stereocenters. The molecule has 1 N–H and O–H groups in total. The maximum absolute atomic E-state index is 6.26. The summed E-state index contributed by atoms with van der Waals surface area (Å²) in [5.41, 5.74) is 2.19. The van der Waals surface area contributed by atoms with Gasteiger partial charge in [-0.25, -0.2) is 0 Å². The van der Waals surface area contributed by atoms with E-state index in [0.717, 1.165) is 17.0 Å². The van der Waals surface area contributed by atoms with E-state index in [1.165, 1.54) is 4.90 Å². The average Bonchev–Trinajstić information content (AvgIpc) is 2.41. The van der Waals surface area contributed by atoms with E-state index in [-0.39, 0.29) is 6.04 Å². The van der Waals surface area contributed by atoms with Crippen molar-refractivity contribution in [3.8, 4) is 0 Å². The summed E-state index contributed by atoms with van der Waals surface area (Å²) in [7, 11) is 0. The second-order valence-corrected chi connectivity index (χ2v) is 6.61. The summed E-state index contributed by atoms with van der Waals surface area (Å²) in [6, 6.07) is 14.1. The number of hydrogen-bond donors (Lipinski definition) is 1. The van der Waals surface area contributed by atoms with E-state index in [0.29, 0.717) is 10.0 Å². The highest BCUT2D eigenvalue weighted by Crippen LogP contribution is 2.32. The average molecular weight is 326 g/mol. The van der Waals surface area contributed by atoms with Gasteiger partial charge in [-0.05, 0) is 42.5 Å². The van der Waals surface area contributed by atoms with Gasteiger partial charge in [-0.2, -0.15) is 0 Å². The number of rotatable bonds is 5. The minimum atomic E-state index is 0.123. The molecule has 106 valence electrons. The molecule has 0 aliphatic heterocycles. The normalized spacial score (nSPS) is 12.2. The van der Waals surface area contributed by atoms with Crippen molar-refractivity contribution in [3.63, 3.8) is 0 Å². The highest BCUT2D eigenvalue weighted by atomic mass is 35.5. The largest absolute Gasteiger partial charge is 0.378 e. The van der Waals surface area contributed by atoms with Crippen molar-refractivity contribution < 1.29 is 0 Å². The molecule has 20 heavy (non-hydrogen) atoms. The number of halogens is 2. The molecule has 0 bridgehead atoms. The number of benzene rings is 2. The summed E-state index contributed by atoms with van der Waals surface area (Å²) in [6.07, 6.45) is 0. The van der Waals surface area contributed by atoms with Crippen molar-refractivity contribution in [1.29, 1.82) is 0 Å². The van der Waals surface area contributed by atoms with Gasteiger partial charge in [0.05, 0.1) is 6.04 Å². The Morgan fingerprint density at radius 1 is 1.15 bits per heavy atom. The number of para-hydroxylation sites is 1. The zero-order chi connectivity index (χ0) is 14.5. The second kappa shape index (κ2) is 7.26. The molecule has 0 amide bonds. The van der Waals surface area contributed by atoms with Crippen LogP contribution in [-0.4, -0.2) is 5.75 Å². The molecule has 2 rings (SSSR count). The van der Waals surface area contributed by atoms with Gasteiger partial charge in [0.2, 0.25) is 0 Å². The van der Waals surface area contributed by atoms with E-state index in [9.17, 15) is 0 Å². The van der Waals surface area contributed by atoms with Crippen molar-refractivity contribution in [1.82, 2.24) is 0 Å². The Labute approximate surface area is 134 Å². The minimum absolute atomic E-state index is 0.123. The number of hydrogen-bond acceptors (Lipinski definition) is 2. The monoisotopic (exact) mass is 325 g/mol. The standard InChI is InChI=1S/C16H17Cl2NS/c1-3-20-16-7-5-4-6-15(16)19-11(2)13-9-8-12(17)10-14(13)18/h4-11,19H,3H2,1-2H3. The molecular formula is C16H17Cl2NS. The van der Waals surface area contributed by atoms with Gasteiger partial charge >= 0.3 is 0 Å². The third kappa shape index (κ3) is 3.85. The van der Waals surface area contributed by atoms with Gasteiger partial charge in [-0.15, -0.1) is 11.8 Å². The Bertz CT molecular complexity index is 586. The van der Waals surface area contributed by atoms with Crippen molar-refractivity contribution in [2.75, 3.05) is 11.1 Å². The third-order valence-corrected chi connectivity index (χ3v) is 4.51.